The third kappa shape index (κ3) is 3.41. The van der Waals surface area contributed by atoms with Crippen LogP contribution in [0.1, 0.15) is 56.2 Å². The summed E-state index contributed by atoms with van der Waals surface area (Å²) in [4.78, 5) is 0. The van der Waals surface area contributed by atoms with Crippen molar-refractivity contribution < 1.29 is 0 Å². The summed E-state index contributed by atoms with van der Waals surface area (Å²) in [5, 5.41) is 3.60. The number of rotatable bonds is 4. The summed E-state index contributed by atoms with van der Waals surface area (Å²) in [7, 11) is 2.12. The average molecular weight is 324 g/mol. The van der Waals surface area contributed by atoms with Crippen LogP contribution in [-0.2, 0) is 0 Å². The van der Waals surface area contributed by atoms with Gasteiger partial charge in [0.2, 0.25) is 0 Å². The highest BCUT2D eigenvalue weighted by Crippen LogP contribution is 2.41. The molecule has 0 saturated heterocycles. The standard InChI is InChI=1S/C17H26BrN/c1-4-13-7-5-6-8-16(13)17(19-3)15-10-9-14(18)11-12(15)2/h9-11,13,16-17,19H,4-8H2,1-3H3. The maximum Gasteiger partial charge on any atom is 0.0351 e. The van der Waals surface area contributed by atoms with Gasteiger partial charge in [-0.25, -0.2) is 0 Å². The van der Waals surface area contributed by atoms with Gasteiger partial charge in [-0.15, -0.1) is 0 Å². The van der Waals surface area contributed by atoms with Crippen molar-refractivity contribution in [1.82, 2.24) is 5.32 Å². The lowest BCUT2D eigenvalue weighted by Gasteiger charge is -2.37. The number of aryl methyl sites for hydroxylation is 1. The van der Waals surface area contributed by atoms with E-state index in [1.807, 2.05) is 0 Å². The molecule has 1 aliphatic carbocycles. The van der Waals surface area contributed by atoms with Gasteiger partial charge in [-0.3, -0.25) is 0 Å². The maximum absolute atomic E-state index is 3.60. The summed E-state index contributed by atoms with van der Waals surface area (Å²) >= 11 is 3.57. The molecule has 2 rings (SSSR count). The maximum atomic E-state index is 3.60. The van der Waals surface area contributed by atoms with Gasteiger partial charge in [0, 0.05) is 10.5 Å². The second kappa shape index (κ2) is 6.90. The van der Waals surface area contributed by atoms with Gasteiger partial charge < -0.3 is 5.32 Å². The van der Waals surface area contributed by atoms with Crippen LogP contribution in [0.15, 0.2) is 22.7 Å². The van der Waals surface area contributed by atoms with Crippen molar-refractivity contribution >= 4 is 15.9 Å². The fourth-order valence-electron chi connectivity index (χ4n) is 3.77. The molecule has 0 bridgehead atoms. The molecule has 3 atom stereocenters. The molecule has 0 aliphatic heterocycles. The molecule has 1 N–H and O–H groups in total. The van der Waals surface area contributed by atoms with Crippen LogP contribution in [0.3, 0.4) is 0 Å². The zero-order valence-electron chi connectivity index (χ0n) is 12.4. The van der Waals surface area contributed by atoms with Gasteiger partial charge in [-0.05, 0) is 55.5 Å². The summed E-state index contributed by atoms with van der Waals surface area (Å²) in [5.41, 5.74) is 2.88. The minimum Gasteiger partial charge on any atom is -0.313 e. The van der Waals surface area contributed by atoms with E-state index >= 15 is 0 Å². The number of nitrogens with one attached hydrogen (secondary N) is 1. The molecule has 1 nitrogen and oxygen atoms in total. The third-order valence-corrected chi connectivity index (χ3v) is 5.29. The third-order valence-electron chi connectivity index (χ3n) is 4.80. The van der Waals surface area contributed by atoms with Crippen LogP contribution < -0.4 is 5.32 Å². The van der Waals surface area contributed by atoms with Gasteiger partial charge >= 0.3 is 0 Å². The summed E-state index contributed by atoms with van der Waals surface area (Å²) in [6.07, 6.45) is 6.92. The number of benzene rings is 1. The Balaban J connectivity index is 2.27. The normalized spacial score (nSPS) is 25.3. The highest BCUT2D eigenvalue weighted by Gasteiger charge is 2.31. The molecule has 1 aromatic carbocycles. The Morgan fingerprint density at radius 1 is 1.32 bits per heavy atom. The smallest absolute Gasteiger partial charge is 0.0351 e. The topological polar surface area (TPSA) is 12.0 Å². The molecule has 19 heavy (non-hydrogen) atoms. The van der Waals surface area contributed by atoms with Gasteiger partial charge in [0.25, 0.3) is 0 Å². The van der Waals surface area contributed by atoms with E-state index in [-0.39, 0.29) is 0 Å². The Hall–Kier alpha value is -0.340. The van der Waals surface area contributed by atoms with Crippen LogP contribution in [-0.4, -0.2) is 7.05 Å². The highest BCUT2D eigenvalue weighted by atomic mass is 79.9. The number of halogens is 1. The summed E-state index contributed by atoms with van der Waals surface area (Å²) in [5.74, 6) is 1.68. The molecule has 106 valence electrons. The van der Waals surface area contributed by atoms with Crippen molar-refractivity contribution in [2.45, 2.75) is 52.0 Å². The first-order valence-electron chi connectivity index (χ1n) is 7.60. The molecule has 0 spiro atoms. The van der Waals surface area contributed by atoms with Crippen LogP contribution in [0.2, 0.25) is 0 Å². The quantitative estimate of drug-likeness (QED) is 0.799. The Bertz CT molecular complexity index is 416. The molecule has 0 radical (unpaired) electrons. The van der Waals surface area contributed by atoms with Crippen molar-refractivity contribution in [2.24, 2.45) is 11.8 Å². The summed E-state index contributed by atoms with van der Waals surface area (Å²) in [6.45, 7) is 4.58. The van der Waals surface area contributed by atoms with E-state index in [2.05, 4.69) is 60.3 Å². The largest absolute Gasteiger partial charge is 0.313 e. The van der Waals surface area contributed by atoms with E-state index < -0.39 is 0 Å². The molecule has 0 amide bonds. The van der Waals surface area contributed by atoms with Crippen LogP contribution in [0.5, 0.6) is 0 Å². The minimum absolute atomic E-state index is 0.512. The van der Waals surface area contributed by atoms with E-state index in [9.17, 15) is 0 Å². The van der Waals surface area contributed by atoms with Crippen molar-refractivity contribution in [2.75, 3.05) is 7.05 Å². The fraction of sp³-hybridized carbons (Fsp3) is 0.647. The Morgan fingerprint density at radius 2 is 2.05 bits per heavy atom. The van der Waals surface area contributed by atoms with Crippen molar-refractivity contribution in [1.29, 1.82) is 0 Å². The highest BCUT2D eigenvalue weighted by molar-refractivity contribution is 9.10. The summed E-state index contributed by atoms with van der Waals surface area (Å²) in [6, 6.07) is 7.22. The molecule has 1 aromatic rings. The SMILES string of the molecule is CCC1CCCCC1C(NC)c1ccc(Br)cc1C. The minimum atomic E-state index is 0.512. The van der Waals surface area contributed by atoms with Gasteiger partial charge in [0.15, 0.2) is 0 Å². The van der Waals surface area contributed by atoms with Crippen molar-refractivity contribution in [3.8, 4) is 0 Å². The average Bonchev–Trinajstić information content (AvgIpc) is 2.42. The monoisotopic (exact) mass is 323 g/mol. The molecule has 1 saturated carbocycles. The predicted molar refractivity (Wildman–Crippen MR) is 86.4 cm³/mol. The second-order valence-corrected chi connectivity index (χ2v) is 6.80. The first kappa shape index (κ1) is 15.1. The lowest BCUT2D eigenvalue weighted by molar-refractivity contribution is 0.180. The molecule has 2 heteroatoms. The molecule has 0 aromatic heterocycles. The lowest BCUT2D eigenvalue weighted by atomic mass is 9.72. The van der Waals surface area contributed by atoms with Gasteiger partial charge in [0.05, 0.1) is 0 Å². The molecule has 1 aliphatic rings. The Morgan fingerprint density at radius 3 is 2.68 bits per heavy atom. The molecule has 1 fully saturated rings. The second-order valence-electron chi connectivity index (χ2n) is 5.88. The van der Waals surface area contributed by atoms with Crippen molar-refractivity contribution in [3.05, 3.63) is 33.8 Å². The van der Waals surface area contributed by atoms with Gasteiger partial charge in [-0.1, -0.05) is 54.6 Å². The lowest BCUT2D eigenvalue weighted by Crippen LogP contribution is -2.33. The zero-order valence-corrected chi connectivity index (χ0v) is 14.0. The van der Waals surface area contributed by atoms with Crippen LogP contribution >= 0.6 is 15.9 Å². The van der Waals surface area contributed by atoms with E-state index in [0.717, 1.165) is 11.8 Å². The van der Waals surface area contributed by atoms with E-state index in [4.69, 9.17) is 0 Å². The molecular formula is C17H26BrN. The molecule has 3 unspecified atom stereocenters. The van der Waals surface area contributed by atoms with Crippen molar-refractivity contribution in [3.63, 3.8) is 0 Å². The number of hydrogen-bond donors (Lipinski definition) is 1. The first-order valence-corrected chi connectivity index (χ1v) is 8.40. The summed E-state index contributed by atoms with van der Waals surface area (Å²) < 4.78 is 1.18. The molecule has 0 heterocycles. The van der Waals surface area contributed by atoms with E-state index in [0.29, 0.717) is 6.04 Å². The predicted octanol–water partition coefficient (Wildman–Crippen LogP) is 5.23. The van der Waals surface area contributed by atoms with Crippen LogP contribution in [0.25, 0.3) is 0 Å². The van der Waals surface area contributed by atoms with Gasteiger partial charge in [-0.2, -0.15) is 0 Å². The van der Waals surface area contributed by atoms with Gasteiger partial charge in [0.1, 0.15) is 0 Å². The zero-order chi connectivity index (χ0) is 13.8. The van der Waals surface area contributed by atoms with E-state index in [1.54, 1.807) is 0 Å². The molecular weight excluding hydrogens is 298 g/mol. The number of hydrogen-bond acceptors (Lipinski definition) is 1. The Labute approximate surface area is 126 Å². The Kier molecular flexibility index (Phi) is 5.47. The first-order chi connectivity index (χ1) is 9.17. The van der Waals surface area contributed by atoms with E-state index in [1.165, 1.54) is 47.7 Å². The van der Waals surface area contributed by atoms with Crippen LogP contribution in [0.4, 0.5) is 0 Å². The van der Waals surface area contributed by atoms with Crippen LogP contribution in [0, 0.1) is 18.8 Å². The fourth-order valence-corrected chi connectivity index (χ4v) is 4.25.